The van der Waals surface area contributed by atoms with Gasteiger partial charge in [-0.2, -0.15) is 5.10 Å². The second-order valence-electron chi connectivity index (χ2n) is 2.96. The normalized spacial score (nSPS) is 10.7. The zero-order valence-corrected chi connectivity index (χ0v) is 7.62. The van der Waals surface area contributed by atoms with Crippen molar-refractivity contribution in [3.8, 4) is 0 Å². The fourth-order valence-electron chi connectivity index (χ4n) is 1.31. The van der Waals surface area contributed by atoms with E-state index >= 15 is 0 Å². The first-order chi connectivity index (χ1) is 7.43. The van der Waals surface area contributed by atoms with Crippen LogP contribution in [0, 0.1) is 0 Å². The zero-order valence-electron chi connectivity index (χ0n) is 7.62. The van der Waals surface area contributed by atoms with Crippen LogP contribution >= 0.6 is 0 Å². The van der Waals surface area contributed by atoms with Crippen molar-refractivity contribution in [1.29, 1.82) is 0 Å². The maximum absolute atomic E-state index is 4.01. The molecule has 3 heterocycles. The highest BCUT2D eigenvalue weighted by Gasteiger charge is 2.04. The predicted molar refractivity (Wildman–Crippen MR) is 52.7 cm³/mol. The molecule has 0 atom stereocenters. The Morgan fingerprint density at radius 3 is 3.20 bits per heavy atom. The highest BCUT2D eigenvalue weighted by molar-refractivity contribution is 5.70. The van der Waals surface area contributed by atoms with Gasteiger partial charge in [-0.1, -0.05) is 0 Å². The van der Waals surface area contributed by atoms with Crippen LogP contribution in [-0.2, 0) is 0 Å². The lowest BCUT2D eigenvalue weighted by molar-refractivity contribution is 0.948. The Morgan fingerprint density at radius 1 is 1.33 bits per heavy atom. The Balaban J connectivity index is 2.07. The zero-order chi connectivity index (χ0) is 10.1. The molecule has 3 rings (SSSR count). The van der Waals surface area contributed by atoms with E-state index < -0.39 is 0 Å². The van der Waals surface area contributed by atoms with E-state index in [2.05, 4.69) is 30.7 Å². The van der Waals surface area contributed by atoms with Gasteiger partial charge in [0.05, 0.1) is 12.4 Å². The molecule has 0 bridgehead atoms. The summed E-state index contributed by atoms with van der Waals surface area (Å²) in [6.07, 6.45) is 6.64. The standard InChI is InChI=1S/C8H7N7/c1-2-10-13-7(1)12-8-6-3-9-4-15(6)5-11-14-8/h1-5H,(H2,10,12,13,14). The lowest BCUT2D eigenvalue weighted by Crippen LogP contribution is -1.99. The quantitative estimate of drug-likeness (QED) is 0.634. The molecule has 0 aliphatic heterocycles. The number of rotatable bonds is 2. The highest BCUT2D eigenvalue weighted by Crippen LogP contribution is 2.15. The van der Waals surface area contributed by atoms with Crippen LogP contribution in [0.25, 0.3) is 5.52 Å². The first-order valence-corrected chi connectivity index (χ1v) is 4.33. The number of hydrogen-bond acceptors (Lipinski definition) is 5. The van der Waals surface area contributed by atoms with Crippen molar-refractivity contribution < 1.29 is 0 Å². The molecule has 3 aromatic heterocycles. The van der Waals surface area contributed by atoms with Crippen LogP contribution in [0.15, 0.2) is 31.1 Å². The lowest BCUT2D eigenvalue weighted by atomic mass is 10.5. The van der Waals surface area contributed by atoms with Gasteiger partial charge >= 0.3 is 0 Å². The molecule has 0 fully saturated rings. The van der Waals surface area contributed by atoms with E-state index in [1.165, 1.54) is 0 Å². The second-order valence-corrected chi connectivity index (χ2v) is 2.96. The van der Waals surface area contributed by atoms with Crippen LogP contribution in [-0.4, -0.2) is 29.8 Å². The number of hydrogen-bond donors (Lipinski definition) is 2. The molecule has 7 nitrogen and oxygen atoms in total. The average Bonchev–Trinajstić information content (AvgIpc) is 2.87. The van der Waals surface area contributed by atoms with Crippen molar-refractivity contribution in [2.75, 3.05) is 5.32 Å². The molecule has 0 amide bonds. The second kappa shape index (κ2) is 3.05. The first kappa shape index (κ1) is 7.92. The number of anilines is 2. The van der Waals surface area contributed by atoms with Gasteiger partial charge in [0.1, 0.15) is 24.0 Å². The largest absolute Gasteiger partial charge is 0.322 e. The Hall–Kier alpha value is -2.44. The van der Waals surface area contributed by atoms with E-state index in [1.807, 2.05) is 6.07 Å². The fraction of sp³-hybridized carbons (Fsp3) is 0. The summed E-state index contributed by atoms with van der Waals surface area (Å²) in [5.74, 6) is 1.40. The van der Waals surface area contributed by atoms with E-state index in [-0.39, 0.29) is 0 Å². The fourth-order valence-corrected chi connectivity index (χ4v) is 1.31. The summed E-state index contributed by atoms with van der Waals surface area (Å²) in [5, 5.41) is 17.5. The molecule has 0 saturated carbocycles. The van der Waals surface area contributed by atoms with Gasteiger partial charge in [0.25, 0.3) is 0 Å². The number of aromatic nitrogens is 6. The van der Waals surface area contributed by atoms with Crippen molar-refractivity contribution in [1.82, 2.24) is 29.8 Å². The van der Waals surface area contributed by atoms with E-state index in [1.54, 1.807) is 29.4 Å². The van der Waals surface area contributed by atoms with Gasteiger partial charge in [0, 0.05) is 6.07 Å². The van der Waals surface area contributed by atoms with Gasteiger partial charge in [-0.15, -0.1) is 10.2 Å². The molecular formula is C8H7N7. The van der Waals surface area contributed by atoms with Gasteiger partial charge in [0.2, 0.25) is 0 Å². The molecular weight excluding hydrogens is 194 g/mol. The third-order valence-corrected chi connectivity index (χ3v) is 2.00. The van der Waals surface area contributed by atoms with Crippen LogP contribution in [0.5, 0.6) is 0 Å². The number of H-pyrrole nitrogens is 1. The van der Waals surface area contributed by atoms with E-state index in [0.717, 1.165) is 11.3 Å². The minimum absolute atomic E-state index is 0.638. The topological polar surface area (TPSA) is 83.8 Å². The van der Waals surface area contributed by atoms with Crippen LogP contribution in [0.4, 0.5) is 11.6 Å². The maximum Gasteiger partial charge on any atom is 0.180 e. The van der Waals surface area contributed by atoms with Gasteiger partial charge in [0.15, 0.2) is 5.82 Å². The van der Waals surface area contributed by atoms with Crippen LogP contribution in [0.3, 0.4) is 0 Å². The molecule has 0 aliphatic rings. The van der Waals surface area contributed by atoms with Crippen molar-refractivity contribution in [2.24, 2.45) is 0 Å². The average molecular weight is 201 g/mol. The molecule has 0 aromatic carbocycles. The van der Waals surface area contributed by atoms with E-state index in [0.29, 0.717) is 5.82 Å². The molecule has 0 aliphatic carbocycles. The molecule has 0 unspecified atom stereocenters. The number of nitrogens with one attached hydrogen (secondary N) is 2. The lowest BCUT2D eigenvalue weighted by Gasteiger charge is -2.02. The number of nitrogens with zero attached hydrogens (tertiary/aromatic N) is 5. The summed E-state index contributed by atoms with van der Waals surface area (Å²) < 4.78 is 1.78. The maximum atomic E-state index is 4.01. The molecule has 0 saturated heterocycles. The minimum Gasteiger partial charge on any atom is -0.322 e. The molecule has 3 aromatic rings. The molecule has 15 heavy (non-hydrogen) atoms. The Morgan fingerprint density at radius 2 is 2.33 bits per heavy atom. The van der Waals surface area contributed by atoms with Gasteiger partial charge in [-0.25, -0.2) is 4.98 Å². The molecule has 2 N–H and O–H groups in total. The first-order valence-electron chi connectivity index (χ1n) is 4.33. The van der Waals surface area contributed by atoms with Gasteiger partial charge in [-0.3, -0.25) is 9.50 Å². The smallest absolute Gasteiger partial charge is 0.180 e. The third kappa shape index (κ3) is 1.30. The van der Waals surface area contributed by atoms with Crippen molar-refractivity contribution >= 4 is 17.2 Å². The van der Waals surface area contributed by atoms with Crippen LogP contribution in [0.1, 0.15) is 0 Å². The Labute approximate surface area is 84.2 Å². The third-order valence-electron chi connectivity index (χ3n) is 2.00. The number of imidazole rings is 1. The summed E-state index contributed by atoms with van der Waals surface area (Å²) in [7, 11) is 0. The Kier molecular flexibility index (Phi) is 1.61. The summed E-state index contributed by atoms with van der Waals surface area (Å²) >= 11 is 0. The van der Waals surface area contributed by atoms with Crippen LogP contribution in [0.2, 0.25) is 0 Å². The van der Waals surface area contributed by atoms with Crippen molar-refractivity contribution in [2.45, 2.75) is 0 Å². The molecule has 7 heteroatoms. The van der Waals surface area contributed by atoms with E-state index in [9.17, 15) is 0 Å². The van der Waals surface area contributed by atoms with Gasteiger partial charge in [-0.05, 0) is 0 Å². The molecule has 0 spiro atoms. The predicted octanol–water partition coefficient (Wildman–Crippen LogP) is 0.591. The van der Waals surface area contributed by atoms with Crippen molar-refractivity contribution in [3.05, 3.63) is 31.1 Å². The Bertz CT molecular complexity index is 567. The summed E-state index contributed by atoms with van der Waals surface area (Å²) in [5.41, 5.74) is 0.861. The van der Waals surface area contributed by atoms with Crippen LogP contribution < -0.4 is 5.32 Å². The highest BCUT2D eigenvalue weighted by atomic mass is 15.3. The van der Waals surface area contributed by atoms with E-state index in [4.69, 9.17) is 0 Å². The van der Waals surface area contributed by atoms with Gasteiger partial charge < -0.3 is 5.32 Å². The monoisotopic (exact) mass is 201 g/mol. The van der Waals surface area contributed by atoms with Crippen molar-refractivity contribution in [3.63, 3.8) is 0 Å². The molecule has 0 radical (unpaired) electrons. The minimum atomic E-state index is 0.638. The summed E-state index contributed by atoms with van der Waals surface area (Å²) in [6, 6.07) is 1.81. The number of fused-ring (bicyclic) bond motifs is 1. The molecule has 74 valence electrons. The summed E-state index contributed by atoms with van der Waals surface area (Å²) in [6.45, 7) is 0. The number of aromatic amines is 1. The summed E-state index contributed by atoms with van der Waals surface area (Å²) in [4.78, 5) is 4.01. The SMILES string of the molecule is c1cc(Nc2nncn3cncc23)[nH]n1.